The standard InChI is InChI=1S/C12H19FN2O2/c1-3-12(13)6-4-10(8-12)15(2)7-5-11(17)14-9-16/h5,7,9-10H,3-4,6,8H2,1-2H3,(H,14,16,17)/b7-5-. The van der Waals surface area contributed by atoms with Gasteiger partial charge in [-0.3, -0.25) is 14.9 Å². The van der Waals surface area contributed by atoms with E-state index in [2.05, 4.69) is 0 Å². The number of carbonyl (C=O) groups is 2. The van der Waals surface area contributed by atoms with E-state index in [0.717, 1.165) is 6.42 Å². The molecule has 2 atom stereocenters. The van der Waals surface area contributed by atoms with E-state index < -0.39 is 11.6 Å². The number of hydrogen-bond donors (Lipinski definition) is 1. The highest BCUT2D eigenvalue weighted by atomic mass is 19.1. The molecule has 0 bridgehead atoms. The number of alkyl halides is 1. The minimum absolute atomic E-state index is 0.125. The van der Waals surface area contributed by atoms with E-state index in [0.29, 0.717) is 25.7 Å². The maximum atomic E-state index is 14.0. The minimum atomic E-state index is -1.06. The lowest BCUT2D eigenvalue weighted by Crippen LogP contribution is -2.28. The summed E-state index contributed by atoms with van der Waals surface area (Å²) < 4.78 is 14.0. The van der Waals surface area contributed by atoms with Crippen LogP contribution in [0.1, 0.15) is 32.6 Å². The monoisotopic (exact) mass is 242 g/mol. The molecule has 0 aliphatic heterocycles. The summed E-state index contributed by atoms with van der Waals surface area (Å²) in [6, 6.07) is 0.125. The summed E-state index contributed by atoms with van der Waals surface area (Å²) in [4.78, 5) is 22.9. The lowest BCUT2D eigenvalue weighted by Gasteiger charge is -2.24. The summed E-state index contributed by atoms with van der Waals surface area (Å²) in [5.41, 5.74) is -1.06. The van der Waals surface area contributed by atoms with Crippen molar-refractivity contribution in [1.29, 1.82) is 0 Å². The molecular weight excluding hydrogens is 223 g/mol. The highest BCUT2D eigenvalue weighted by molar-refractivity contribution is 5.94. The van der Waals surface area contributed by atoms with Crippen molar-refractivity contribution in [3.8, 4) is 0 Å². The second kappa shape index (κ2) is 5.80. The molecule has 4 nitrogen and oxygen atoms in total. The van der Waals surface area contributed by atoms with Gasteiger partial charge in [0.05, 0.1) is 0 Å². The van der Waals surface area contributed by atoms with Gasteiger partial charge in [-0.15, -0.1) is 0 Å². The molecule has 0 aromatic carbocycles. The van der Waals surface area contributed by atoms with Crippen molar-refractivity contribution in [2.24, 2.45) is 0 Å². The van der Waals surface area contributed by atoms with Crippen LogP contribution in [0.15, 0.2) is 12.3 Å². The van der Waals surface area contributed by atoms with Gasteiger partial charge in [0.25, 0.3) is 5.91 Å². The van der Waals surface area contributed by atoms with Crippen molar-refractivity contribution < 1.29 is 14.0 Å². The predicted molar refractivity (Wildman–Crippen MR) is 62.9 cm³/mol. The van der Waals surface area contributed by atoms with Gasteiger partial charge in [-0.2, -0.15) is 0 Å². The number of rotatable bonds is 5. The van der Waals surface area contributed by atoms with E-state index in [1.165, 1.54) is 6.08 Å². The first kappa shape index (κ1) is 13.7. The zero-order valence-corrected chi connectivity index (χ0v) is 10.3. The van der Waals surface area contributed by atoms with Gasteiger partial charge in [-0.1, -0.05) is 6.92 Å². The topological polar surface area (TPSA) is 49.4 Å². The Kier molecular flexibility index (Phi) is 4.66. The van der Waals surface area contributed by atoms with Crippen molar-refractivity contribution in [3.63, 3.8) is 0 Å². The average molecular weight is 242 g/mol. The summed E-state index contributed by atoms with van der Waals surface area (Å²) in [5, 5.41) is 2.01. The van der Waals surface area contributed by atoms with Crippen LogP contribution in [0.25, 0.3) is 0 Å². The molecule has 0 heterocycles. The second-order valence-corrected chi connectivity index (χ2v) is 4.51. The highest BCUT2D eigenvalue weighted by Gasteiger charge is 2.38. The normalized spacial score (nSPS) is 28.3. The Bertz CT molecular complexity index is 320. The number of nitrogens with one attached hydrogen (secondary N) is 1. The Morgan fingerprint density at radius 1 is 1.65 bits per heavy atom. The summed E-state index contributed by atoms with van der Waals surface area (Å²) in [6.45, 7) is 1.86. The van der Waals surface area contributed by atoms with Crippen LogP contribution in [-0.2, 0) is 9.59 Å². The first-order valence-electron chi connectivity index (χ1n) is 5.84. The number of nitrogens with zero attached hydrogens (tertiary/aromatic N) is 1. The largest absolute Gasteiger partial charge is 0.377 e. The van der Waals surface area contributed by atoms with Crippen LogP contribution >= 0.6 is 0 Å². The minimum Gasteiger partial charge on any atom is -0.377 e. The van der Waals surface area contributed by atoms with Gasteiger partial charge in [0, 0.05) is 31.8 Å². The Labute approximate surface area is 101 Å². The van der Waals surface area contributed by atoms with Crippen molar-refractivity contribution in [2.45, 2.75) is 44.3 Å². The summed E-state index contributed by atoms with van der Waals surface area (Å²) >= 11 is 0. The molecule has 0 spiro atoms. The number of halogens is 1. The fourth-order valence-corrected chi connectivity index (χ4v) is 2.13. The number of carbonyl (C=O) groups excluding carboxylic acids is 2. The third-order valence-corrected chi connectivity index (χ3v) is 3.40. The molecule has 17 heavy (non-hydrogen) atoms. The number of hydrogen-bond acceptors (Lipinski definition) is 3. The van der Waals surface area contributed by atoms with Crippen LogP contribution in [0.4, 0.5) is 4.39 Å². The zero-order chi connectivity index (χ0) is 12.9. The van der Waals surface area contributed by atoms with Crippen molar-refractivity contribution >= 4 is 12.3 Å². The molecule has 96 valence electrons. The van der Waals surface area contributed by atoms with Crippen LogP contribution in [-0.4, -0.2) is 36.0 Å². The smallest absolute Gasteiger partial charge is 0.251 e. The third kappa shape index (κ3) is 3.84. The van der Waals surface area contributed by atoms with Gasteiger partial charge in [0.1, 0.15) is 5.67 Å². The summed E-state index contributed by atoms with van der Waals surface area (Å²) in [5.74, 6) is -0.466. The first-order chi connectivity index (χ1) is 8.00. The van der Waals surface area contributed by atoms with Gasteiger partial charge in [0.2, 0.25) is 6.41 Å². The maximum absolute atomic E-state index is 14.0. The molecule has 1 aliphatic carbocycles. The Morgan fingerprint density at radius 2 is 2.35 bits per heavy atom. The van der Waals surface area contributed by atoms with Gasteiger partial charge >= 0.3 is 0 Å². The summed E-state index contributed by atoms with van der Waals surface area (Å²) in [7, 11) is 1.82. The van der Waals surface area contributed by atoms with E-state index >= 15 is 0 Å². The molecule has 1 aliphatic rings. The van der Waals surface area contributed by atoms with Crippen LogP contribution in [0.3, 0.4) is 0 Å². The van der Waals surface area contributed by atoms with E-state index in [1.807, 2.05) is 24.2 Å². The molecule has 1 fully saturated rings. The molecule has 2 amide bonds. The number of imide groups is 1. The van der Waals surface area contributed by atoms with E-state index in [1.54, 1.807) is 6.20 Å². The van der Waals surface area contributed by atoms with Crippen LogP contribution in [0, 0.1) is 0 Å². The Hall–Kier alpha value is -1.39. The second-order valence-electron chi connectivity index (χ2n) is 4.51. The van der Waals surface area contributed by atoms with Crippen molar-refractivity contribution in [3.05, 3.63) is 12.3 Å². The molecule has 0 aromatic rings. The van der Waals surface area contributed by atoms with Crippen molar-refractivity contribution in [1.82, 2.24) is 10.2 Å². The maximum Gasteiger partial charge on any atom is 0.251 e. The Morgan fingerprint density at radius 3 is 2.88 bits per heavy atom. The fourth-order valence-electron chi connectivity index (χ4n) is 2.13. The SMILES string of the molecule is CCC1(F)CCC(N(C)/C=C\C(=O)NC=O)C1. The van der Waals surface area contributed by atoms with E-state index in [4.69, 9.17) is 0 Å². The summed E-state index contributed by atoms with van der Waals surface area (Å²) in [6.07, 6.45) is 5.61. The molecule has 1 N–H and O–H groups in total. The molecular formula is C12H19FN2O2. The lowest BCUT2D eigenvalue weighted by atomic mass is 10.0. The van der Waals surface area contributed by atoms with Gasteiger partial charge in [0.15, 0.2) is 0 Å². The number of amides is 2. The first-order valence-corrected chi connectivity index (χ1v) is 5.84. The lowest BCUT2D eigenvalue weighted by molar-refractivity contribution is -0.121. The molecule has 5 heteroatoms. The average Bonchev–Trinajstić information content (AvgIpc) is 2.70. The highest BCUT2D eigenvalue weighted by Crippen LogP contribution is 2.38. The van der Waals surface area contributed by atoms with Gasteiger partial charge in [-0.25, -0.2) is 4.39 Å². The third-order valence-electron chi connectivity index (χ3n) is 3.40. The van der Waals surface area contributed by atoms with Gasteiger partial charge in [-0.05, 0) is 19.3 Å². The quantitative estimate of drug-likeness (QED) is 0.585. The molecule has 0 aromatic heterocycles. The van der Waals surface area contributed by atoms with Crippen LogP contribution < -0.4 is 5.32 Å². The van der Waals surface area contributed by atoms with Crippen LogP contribution in [0.2, 0.25) is 0 Å². The molecule has 1 saturated carbocycles. The molecule has 0 saturated heterocycles. The van der Waals surface area contributed by atoms with E-state index in [9.17, 15) is 14.0 Å². The van der Waals surface area contributed by atoms with Crippen molar-refractivity contribution in [2.75, 3.05) is 7.05 Å². The van der Waals surface area contributed by atoms with Gasteiger partial charge < -0.3 is 4.90 Å². The molecule has 2 unspecified atom stereocenters. The van der Waals surface area contributed by atoms with E-state index in [-0.39, 0.29) is 6.04 Å². The zero-order valence-electron chi connectivity index (χ0n) is 10.3. The molecule has 0 radical (unpaired) electrons. The predicted octanol–water partition coefficient (Wildman–Crippen LogP) is 1.38. The molecule has 1 rings (SSSR count). The van der Waals surface area contributed by atoms with Crippen LogP contribution in [0.5, 0.6) is 0 Å². The fraction of sp³-hybridized carbons (Fsp3) is 0.667. The Balaban J connectivity index is 2.47.